The summed E-state index contributed by atoms with van der Waals surface area (Å²) in [5.74, 6) is 0.878. The number of thiophene rings is 1. The van der Waals surface area contributed by atoms with E-state index in [1.54, 1.807) is 6.92 Å². The summed E-state index contributed by atoms with van der Waals surface area (Å²) in [7, 11) is -4.53. The molecule has 0 spiro atoms. The minimum atomic E-state index is -4.53. The number of ether oxygens (including phenoxy) is 1. The number of benzene rings is 1. The quantitative estimate of drug-likeness (QED) is 0.260. The largest absolute Gasteiger partial charge is 0.494 e. The van der Waals surface area contributed by atoms with Gasteiger partial charge in [-0.1, -0.05) is 17.7 Å². The predicted octanol–water partition coefficient (Wildman–Crippen LogP) is 3.86. The number of Topliss-reactive ketones (excluding diaryl/α,β-unsaturated/α-hetero) is 1. The summed E-state index contributed by atoms with van der Waals surface area (Å²) in [5.41, 5.74) is 6.33. The van der Waals surface area contributed by atoms with Crippen LogP contribution >= 0.6 is 19.2 Å². The van der Waals surface area contributed by atoms with Crippen molar-refractivity contribution in [3.63, 3.8) is 0 Å². The van der Waals surface area contributed by atoms with Crippen LogP contribution < -0.4 is 10.5 Å². The molecule has 160 valence electrons. The Balaban J connectivity index is 1.73. The maximum atomic E-state index is 12.4. The van der Waals surface area contributed by atoms with Crippen LogP contribution in [0.3, 0.4) is 0 Å². The Hall–Kier alpha value is -1.54. The average Bonchev–Trinajstić information content (AvgIpc) is 3.12. The minimum absolute atomic E-state index is 0.0779. The third-order valence-electron chi connectivity index (χ3n) is 4.28. The monoisotopic (exact) mass is 441 g/mol. The molecule has 0 fully saturated rings. The van der Waals surface area contributed by atoms with Gasteiger partial charge in [0.15, 0.2) is 5.78 Å². The van der Waals surface area contributed by atoms with Crippen molar-refractivity contribution in [1.82, 2.24) is 0 Å². The molecule has 1 heterocycles. The molecule has 2 aromatic rings. The van der Waals surface area contributed by atoms with Crippen LogP contribution in [0.5, 0.6) is 5.75 Å². The summed E-state index contributed by atoms with van der Waals surface area (Å²) < 4.78 is 20.9. The first-order valence-electron chi connectivity index (χ1n) is 9.34. The minimum Gasteiger partial charge on any atom is -0.494 e. The van der Waals surface area contributed by atoms with E-state index in [1.807, 2.05) is 43.3 Å². The van der Waals surface area contributed by atoms with Gasteiger partial charge < -0.3 is 20.3 Å². The third kappa shape index (κ3) is 9.21. The molecule has 1 aromatic heterocycles. The van der Waals surface area contributed by atoms with Crippen LogP contribution in [-0.2, 0) is 15.5 Å². The molecule has 0 amide bonds. The molecule has 0 saturated heterocycles. The highest BCUT2D eigenvalue weighted by molar-refractivity contribution is 7.46. The lowest BCUT2D eigenvalue weighted by atomic mass is 9.98. The summed E-state index contributed by atoms with van der Waals surface area (Å²) in [6, 6.07) is 11.5. The molecule has 0 saturated carbocycles. The van der Waals surface area contributed by atoms with Gasteiger partial charge in [0.25, 0.3) is 0 Å². The van der Waals surface area contributed by atoms with Gasteiger partial charge in [-0.2, -0.15) is 0 Å². The van der Waals surface area contributed by atoms with Crippen LogP contribution in [0.25, 0.3) is 0 Å². The van der Waals surface area contributed by atoms with E-state index in [2.05, 4.69) is 4.52 Å². The van der Waals surface area contributed by atoms with Gasteiger partial charge in [-0.25, -0.2) is 4.57 Å². The first-order valence-corrected chi connectivity index (χ1v) is 11.7. The van der Waals surface area contributed by atoms with Crippen LogP contribution in [0, 0.1) is 6.92 Å². The lowest BCUT2D eigenvalue weighted by Gasteiger charge is -2.24. The maximum Gasteiger partial charge on any atom is 0.469 e. The van der Waals surface area contributed by atoms with Gasteiger partial charge in [-0.05, 0) is 57.4 Å². The fraction of sp³-hybridized carbons (Fsp3) is 0.450. The zero-order valence-corrected chi connectivity index (χ0v) is 18.4. The highest BCUT2D eigenvalue weighted by Crippen LogP contribution is 2.37. The van der Waals surface area contributed by atoms with E-state index < -0.39 is 13.4 Å². The van der Waals surface area contributed by atoms with Crippen LogP contribution in [-0.4, -0.2) is 34.3 Å². The number of ketones is 1. The zero-order chi connectivity index (χ0) is 21.5. The number of rotatable bonds is 12. The Labute approximate surface area is 175 Å². The Bertz CT molecular complexity index is 843. The Morgan fingerprint density at radius 2 is 1.90 bits per heavy atom. The third-order valence-corrected chi connectivity index (χ3v) is 5.93. The molecule has 4 N–H and O–H groups in total. The summed E-state index contributed by atoms with van der Waals surface area (Å²) in [6.07, 6.45) is 2.13. The van der Waals surface area contributed by atoms with Crippen LogP contribution in [0.15, 0.2) is 36.4 Å². The van der Waals surface area contributed by atoms with Crippen molar-refractivity contribution < 1.29 is 28.4 Å². The fourth-order valence-corrected chi connectivity index (χ4v) is 3.99. The molecule has 0 aliphatic carbocycles. The van der Waals surface area contributed by atoms with E-state index in [0.29, 0.717) is 37.2 Å². The zero-order valence-electron chi connectivity index (χ0n) is 16.7. The molecule has 7 nitrogen and oxygen atoms in total. The highest BCUT2D eigenvalue weighted by Gasteiger charge is 2.24. The number of aryl methyl sites for hydroxylation is 2. The molecule has 0 aliphatic heterocycles. The molecule has 29 heavy (non-hydrogen) atoms. The number of carbonyl (C=O) groups is 1. The van der Waals surface area contributed by atoms with E-state index in [0.717, 1.165) is 10.6 Å². The summed E-state index contributed by atoms with van der Waals surface area (Å²) in [6.45, 7) is 3.94. The van der Waals surface area contributed by atoms with Gasteiger partial charge >= 0.3 is 7.82 Å². The van der Waals surface area contributed by atoms with Crippen molar-refractivity contribution >= 4 is 24.9 Å². The molecule has 0 aliphatic rings. The van der Waals surface area contributed by atoms with Crippen molar-refractivity contribution in [2.45, 2.75) is 45.1 Å². The molecule has 1 unspecified atom stereocenters. The second-order valence-corrected chi connectivity index (χ2v) is 9.78. The molecule has 0 bridgehead atoms. The first kappa shape index (κ1) is 23.7. The fourth-order valence-electron chi connectivity index (χ4n) is 2.56. The van der Waals surface area contributed by atoms with E-state index >= 15 is 0 Å². The van der Waals surface area contributed by atoms with E-state index in [4.69, 9.17) is 20.3 Å². The molecular formula is C20H28NO6PS. The average molecular weight is 441 g/mol. The second-order valence-electron chi connectivity index (χ2n) is 7.37. The molecule has 0 radical (unpaired) electrons. The van der Waals surface area contributed by atoms with Crippen molar-refractivity contribution in [2.75, 3.05) is 13.2 Å². The van der Waals surface area contributed by atoms with E-state index in [1.165, 1.54) is 16.9 Å². The van der Waals surface area contributed by atoms with Crippen LogP contribution in [0.2, 0.25) is 0 Å². The second kappa shape index (κ2) is 10.5. The molecule has 1 aromatic carbocycles. The Morgan fingerprint density at radius 1 is 1.21 bits per heavy atom. The van der Waals surface area contributed by atoms with Gasteiger partial charge in [-0.3, -0.25) is 9.32 Å². The first-order chi connectivity index (χ1) is 13.5. The van der Waals surface area contributed by atoms with Gasteiger partial charge in [-0.15, -0.1) is 11.3 Å². The van der Waals surface area contributed by atoms with Gasteiger partial charge in [0.1, 0.15) is 5.75 Å². The number of nitrogens with two attached hydrogens (primary N) is 1. The summed E-state index contributed by atoms with van der Waals surface area (Å²) >= 11 is 1.42. The number of phosphoric acid groups is 1. The number of carbonyl (C=O) groups excluding carboxylic acids is 1. The van der Waals surface area contributed by atoms with Gasteiger partial charge in [0.05, 0.1) is 18.1 Å². The predicted molar refractivity (Wildman–Crippen MR) is 113 cm³/mol. The van der Waals surface area contributed by atoms with Crippen molar-refractivity contribution in [2.24, 2.45) is 5.73 Å². The standard InChI is InChI=1S/C20H28NO6PS/c1-15-5-7-16(8-6-15)26-13-3-4-18(22)19-10-9-17(29-19)11-12-20(2,21)14-27-28(23,24)25/h5-10H,3-4,11-14,21H2,1-2H3,(H2,23,24,25). The summed E-state index contributed by atoms with van der Waals surface area (Å²) in [5, 5.41) is 0. The number of phosphoric ester groups is 1. The molecular weight excluding hydrogens is 413 g/mol. The van der Waals surface area contributed by atoms with Crippen molar-refractivity contribution in [1.29, 1.82) is 0 Å². The van der Waals surface area contributed by atoms with Gasteiger partial charge in [0, 0.05) is 16.8 Å². The summed E-state index contributed by atoms with van der Waals surface area (Å²) in [4.78, 5) is 31.6. The Kier molecular flexibility index (Phi) is 8.58. The van der Waals surface area contributed by atoms with E-state index in [-0.39, 0.29) is 12.4 Å². The molecule has 1 atom stereocenters. The SMILES string of the molecule is Cc1ccc(OCCCC(=O)c2ccc(CCC(C)(N)COP(=O)(O)O)s2)cc1. The Morgan fingerprint density at radius 3 is 2.55 bits per heavy atom. The lowest BCUT2D eigenvalue weighted by molar-refractivity contribution is 0.0977. The molecule has 2 rings (SSSR count). The highest BCUT2D eigenvalue weighted by atomic mass is 32.1. The van der Waals surface area contributed by atoms with Crippen molar-refractivity contribution in [3.05, 3.63) is 51.7 Å². The number of hydrogen-bond acceptors (Lipinski definition) is 6. The van der Waals surface area contributed by atoms with Gasteiger partial charge in [0.2, 0.25) is 0 Å². The smallest absolute Gasteiger partial charge is 0.469 e. The maximum absolute atomic E-state index is 12.4. The number of hydrogen-bond donors (Lipinski definition) is 3. The van der Waals surface area contributed by atoms with Crippen molar-refractivity contribution in [3.8, 4) is 5.75 Å². The normalized spacial score (nSPS) is 13.8. The van der Waals surface area contributed by atoms with E-state index in [9.17, 15) is 9.36 Å². The lowest BCUT2D eigenvalue weighted by Crippen LogP contribution is -2.41. The molecule has 9 heteroatoms. The topological polar surface area (TPSA) is 119 Å². The van der Waals surface area contributed by atoms with Crippen LogP contribution in [0.4, 0.5) is 0 Å². The van der Waals surface area contributed by atoms with Crippen LogP contribution in [0.1, 0.15) is 46.3 Å².